The van der Waals surface area contributed by atoms with E-state index in [4.69, 9.17) is 9.47 Å². The minimum Gasteiger partial charge on any atom is -0.375 e. The lowest BCUT2D eigenvalue weighted by atomic mass is 9.72. The minimum atomic E-state index is -0.537. The molecule has 4 fully saturated rings. The summed E-state index contributed by atoms with van der Waals surface area (Å²) >= 11 is 0. The second-order valence-electron chi connectivity index (χ2n) is 17.3. The summed E-state index contributed by atoms with van der Waals surface area (Å²) in [5, 5.41) is 4.98. The standard InChI is InChI=1S/C21H42N2.C8H16N2O2.C8H14O2/c1-16-11-18(3,4)22(19(5,6)12-16)15-23-20(7,8)13-17(2)14-21(23,9)10;1-3-5-9-7(11)8(12)10-6-4-2;1-5-3-9-8-6(2)4-10-7(5)8/h16-17H,11-15H2,1-10H3;3-6H2,1-2H3,(H,9,11)(H,10,12);5-8H,3-4H2,1-2H3/t;;5-,6+,7?,8?. The molecule has 4 saturated heterocycles. The Balaban J connectivity index is 0.000000267. The van der Waals surface area contributed by atoms with Crippen LogP contribution in [0.5, 0.6) is 0 Å². The van der Waals surface area contributed by atoms with Gasteiger partial charge in [0.1, 0.15) is 0 Å². The Bertz CT molecular complexity index is 839. The van der Waals surface area contributed by atoms with Crippen LogP contribution in [-0.2, 0) is 19.1 Å². The normalized spacial score (nSPS) is 30.7. The number of nitrogens with zero attached hydrogens (tertiary/aromatic N) is 2. The van der Waals surface area contributed by atoms with E-state index in [0.717, 1.165) is 44.6 Å². The van der Waals surface area contributed by atoms with E-state index in [1.165, 1.54) is 25.7 Å². The van der Waals surface area contributed by atoms with Gasteiger partial charge in [-0.05, 0) is 106 Å². The summed E-state index contributed by atoms with van der Waals surface area (Å²) in [5.74, 6) is 1.78. The molecule has 8 nitrogen and oxygen atoms in total. The first-order chi connectivity index (χ1) is 20.7. The SMILES string of the molecule is CC1CC(C)(C)N(CN2C(C)(C)CC(C)CC2(C)C)C(C)(C)C1.CCCNC(=O)C(=O)NCCC.C[C@@H]1COC2C1OC[C@@H]2C. The zero-order valence-electron chi connectivity index (χ0n) is 31.8. The van der Waals surface area contributed by atoms with Crippen molar-refractivity contribution in [1.29, 1.82) is 0 Å². The molecular weight excluding hydrogens is 564 g/mol. The fourth-order valence-corrected chi connectivity index (χ4v) is 9.06. The van der Waals surface area contributed by atoms with Gasteiger partial charge in [-0.1, -0.05) is 41.5 Å². The van der Waals surface area contributed by atoms with Crippen molar-refractivity contribution in [1.82, 2.24) is 20.4 Å². The molecule has 4 heterocycles. The van der Waals surface area contributed by atoms with Gasteiger partial charge in [-0.25, -0.2) is 0 Å². The summed E-state index contributed by atoms with van der Waals surface area (Å²) in [6.45, 7) is 36.7. The zero-order chi connectivity index (χ0) is 34.4. The number of likely N-dealkylation sites (tertiary alicyclic amines) is 2. The first-order valence-electron chi connectivity index (χ1n) is 18.0. The van der Waals surface area contributed by atoms with Crippen LogP contribution in [0.25, 0.3) is 0 Å². The van der Waals surface area contributed by atoms with E-state index in [1.54, 1.807) is 0 Å². The van der Waals surface area contributed by atoms with E-state index in [0.29, 0.717) is 37.1 Å². The van der Waals surface area contributed by atoms with Crippen LogP contribution in [0, 0.1) is 23.7 Å². The van der Waals surface area contributed by atoms with E-state index in [1.807, 2.05) is 13.8 Å². The van der Waals surface area contributed by atoms with E-state index in [-0.39, 0.29) is 22.2 Å². The Morgan fingerprint density at radius 1 is 0.600 bits per heavy atom. The van der Waals surface area contributed by atoms with Crippen molar-refractivity contribution in [2.45, 2.75) is 170 Å². The van der Waals surface area contributed by atoms with Crippen molar-refractivity contribution in [2.24, 2.45) is 23.7 Å². The fraction of sp³-hybridized carbons (Fsp3) is 0.946. The van der Waals surface area contributed by atoms with E-state index in [2.05, 4.69) is 104 Å². The molecule has 0 aromatic heterocycles. The van der Waals surface area contributed by atoms with Crippen molar-refractivity contribution in [3.63, 3.8) is 0 Å². The first kappa shape index (κ1) is 40.0. The molecule has 0 saturated carbocycles. The van der Waals surface area contributed by atoms with Crippen LogP contribution in [0.2, 0.25) is 0 Å². The van der Waals surface area contributed by atoms with Crippen molar-refractivity contribution < 1.29 is 19.1 Å². The summed E-state index contributed by atoms with van der Waals surface area (Å²) in [5.41, 5.74) is 1.10. The van der Waals surface area contributed by atoms with E-state index in [9.17, 15) is 9.59 Å². The first-order valence-corrected chi connectivity index (χ1v) is 18.0. The number of nitrogens with one attached hydrogen (secondary N) is 2. The molecule has 0 spiro atoms. The molecule has 2 unspecified atom stereocenters. The van der Waals surface area contributed by atoms with Crippen molar-refractivity contribution in [2.75, 3.05) is 33.0 Å². The van der Waals surface area contributed by atoms with Crippen LogP contribution in [-0.4, -0.2) is 88.9 Å². The van der Waals surface area contributed by atoms with Crippen LogP contribution < -0.4 is 10.6 Å². The smallest absolute Gasteiger partial charge is 0.309 e. The van der Waals surface area contributed by atoms with Gasteiger partial charge in [-0.2, -0.15) is 0 Å². The Hall–Kier alpha value is -1.22. The quantitative estimate of drug-likeness (QED) is 0.319. The predicted molar refractivity (Wildman–Crippen MR) is 186 cm³/mol. The van der Waals surface area contributed by atoms with Crippen molar-refractivity contribution in [3.8, 4) is 0 Å². The number of amides is 2. The molecule has 4 aliphatic rings. The molecule has 4 rings (SSSR count). The Morgan fingerprint density at radius 3 is 1.16 bits per heavy atom. The fourth-order valence-electron chi connectivity index (χ4n) is 9.06. The number of ether oxygens (including phenoxy) is 2. The highest BCUT2D eigenvalue weighted by atomic mass is 16.6. The lowest BCUT2D eigenvalue weighted by molar-refractivity contribution is -0.143. The van der Waals surface area contributed by atoms with Gasteiger partial charge in [-0.15, -0.1) is 0 Å². The van der Waals surface area contributed by atoms with Crippen LogP contribution in [0.3, 0.4) is 0 Å². The minimum absolute atomic E-state index is 0.274. The summed E-state index contributed by atoms with van der Waals surface area (Å²) < 4.78 is 11.2. The average Bonchev–Trinajstić information content (AvgIpc) is 3.45. The second kappa shape index (κ2) is 16.3. The zero-order valence-corrected chi connectivity index (χ0v) is 31.8. The highest BCUT2D eigenvalue weighted by molar-refractivity contribution is 6.35. The van der Waals surface area contributed by atoms with Gasteiger partial charge in [0.2, 0.25) is 0 Å². The molecular formula is C37H72N4O4. The van der Waals surface area contributed by atoms with Gasteiger partial charge in [0.15, 0.2) is 0 Å². The van der Waals surface area contributed by atoms with Gasteiger partial charge in [0.05, 0.1) is 32.1 Å². The number of carbonyl (C=O) groups excluding carboxylic acids is 2. The second-order valence-corrected chi connectivity index (χ2v) is 17.3. The van der Waals surface area contributed by atoms with Gasteiger partial charge < -0.3 is 20.1 Å². The molecule has 2 amide bonds. The highest BCUT2D eigenvalue weighted by Gasteiger charge is 2.50. The summed E-state index contributed by atoms with van der Waals surface area (Å²) in [4.78, 5) is 27.4. The molecule has 45 heavy (non-hydrogen) atoms. The lowest BCUT2D eigenvalue weighted by Gasteiger charge is -2.62. The topological polar surface area (TPSA) is 83.1 Å². The third-order valence-electron chi connectivity index (χ3n) is 10.4. The molecule has 0 aliphatic carbocycles. The summed E-state index contributed by atoms with van der Waals surface area (Å²) in [6, 6.07) is 0. The molecule has 0 aromatic carbocycles. The highest BCUT2D eigenvalue weighted by Crippen LogP contribution is 2.46. The molecule has 0 aromatic rings. The maximum Gasteiger partial charge on any atom is 0.309 e. The summed E-state index contributed by atoms with van der Waals surface area (Å²) in [7, 11) is 0. The maximum absolute atomic E-state index is 10.9. The number of hydrogen-bond donors (Lipinski definition) is 2. The van der Waals surface area contributed by atoms with Gasteiger partial charge >= 0.3 is 11.8 Å². The molecule has 264 valence electrons. The largest absolute Gasteiger partial charge is 0.375 e. The summed E-state index contributed by atoms with van der Waals surface area (Å²) in [6.07, 6.45) is 7.70. The average molecular weight is 637 g/mol. The van der Waals surface area contributed by atoms with Gasteiger partial charge in [0.25, 0.3) is 0 Å². The number of piperidine rings is 2. The molecule has 8 heteroatoms. The van der Waals surface area contributed by atoms with Crippen LogP contribution in [0.4, 0.5) is 0 Å². The molecule has 0 bridgehead atoms. The van der Waals surface area contributed by atoms with Gasteiger partial charge in [0, 0.05) is 47.1 Å². The number of hydrogen-bond acceptors (Lipinski definition) is 6. The third kappa shape index (κ3) is 10.9. The van der Waals surface area contributed by atoms with Crippen LogP contribution in [0.15, 0.2) is 0 Å². The number of fused-ring (bicyclic) bond motifs is 1. The Morgan fingerprint density at radius 2 is 0.889 bits per heavy atom. The van der Waals surface area contributed by atoms with Crippen molar-refractivity contribution >= 4 is 11.8 Å². The monoisotopic (exact) mass is 637 g/mol. The van der Waals surface area contributed by atoms with Crippen LogP contribution in [0.1, 0.15) is 135 Å². The molecule has 4 atom stereocenters. The molecule has 4 aliphatic heterocycles. The van der Waals surface area contributed by atoms with E-state index < -0.39 is 11.8 Å². The van der Waals surface area contributed by atoms with Crippen molar-refractivity contribution in [3.05, 3.63) is 0 Å². The molecule has 2 N–H and O–H groups in total. The molecule has 0 radical (unpaired) electrons. The van der Waals surface area contributed by atoms with Crippen LogP contribution >= 0.6 is 0 Å². The Kier molecular flexibility index (Phi) is 14.4. The Labute approximate surface area is 277 Å². The predicted octanol–water partition coefficient (Wildman–Crippen LogP) is 6.62. The third-order valence-corrected chi connectivity index (χ3v) is 10.4. The number of carbonyl (C=O) groups is 2. The maximum atomic E-state index is 10.9. The van der Waals surface area contributed by atoms with E-state index >= 15 is 0 Å². The lowest BCUT2D eigenvalue weighted by Crippen LogP contribution is -2.69. The van der Waals surface area contributed by atoms with Gasteiger partial charge in [-0.3, -0.25) is 19.4 Å². The number of rotatable bonds is 6.